The lowest BCUT2D eigenvalue weighted by Crippen LogP contribution is -2.49. The van der Waals surface area contributed by atoms with Crippen molar-refractivity contribution in [3.8, 4) is 0 Å². The molecule has 0 spiro atoms. The summed E-state index contributed by atoms with van der Waals surface area (Å²) in [6, 6.07) is 7.04. The molecule has 2 N–H and O–H groups in total. The maximum Gasteiger partial charge on any atom is 0.341 e. The van der Waals surface area contributed by atoms with Crippen LogP contribution >= 0.6 is 46.1 Å². The quantitative estimate of drug-likeness (QED) is 0.379. The third-order valence-corrected chi connectivity index (χ3v) is 6.38. The Morgan fingerprint density at radius 2 is 1.86 bits per heavy atom. The van der Waals surface area contributed by atoms with Gasteiger partial charge in [-0.2, -0.15) is 0 Å². The zero-order valence-electron chi connectivity index (χ0n) is 15.3. The molecule has 2 aromatic rings. The Hall–Kier alpha value is -1.47. The average Bonchev–Trinajstić information content (AvgIpc) is 3.21. The van der Waals surface area contributed by atoms with Crippen LogP contribution in [-0.2, 0) is 17.6 Å². The zero-order chi connectivity index (χ0) is 20.5. The number of alkyl halides is 3. The fraction of sp³-hybridized carbons (Fsp3) is 0.368. The molecule has 1 aromatic heterocycles. The molecule has 3 rings (SSSR count). The summed E-state index contributed by atoms with van der Waals surface area (Å²) < 4.78 is 3.09. The molecule has 1 atom stereocenters. The van der Waals surface area contributed by atoms with Crippen LogP contribution in [0.4, 0.5) is 5.00 Å². The highest BCUT2D eigenvalue weighted by molar-refractivity contribution is 7.16. The van der Waals surface area contributed by atoms with Crippen molar-refractivity contribution in [2.45, 2.75) is 36.1 Å². The van der Waals surface area contributed by atoms with E-state index in [0.717, 1.165) is 35.3 Å². The van der Waals surface area contributed by atoms with E-state index in [1.807, 2.05) is 19.1 Å². The number of methoxy groups -OCH3 is 1. The van der Waals surface area contributed by atoms with Gasteiger partial charge in [-0.05, 0) is 43.9 Å². The summed E-state index contributed by atoms with van der Waals surface area (Å²) in [5, 5.41) is 6.26. The predicted molar refractivity (Wildman–Crippen MR) is 114 cm³/mol. The minimum Gasteiger partial charge on any atom is -0.465 e. The topological polar surface area (TPSA) is 67.4 Å². The second-order valence-corrected chi connectivity index (χ2v) is 9.99. The van der Waals surface area contributed by atoms with Gasteiger partial charge in [0.05, 0.1) is 12.7 Å². The summed E-state index contributed by atoms with van der Waals surface area (Å²) in [5.74, 6) is -0.845. The van der Waals surface area contributed by atoms with Crippen molar-refractivity contribution >= 4 is 63.0 Å². The minimum atomic E-state index is -1.85. The van der Waals surface area contributed by atoms with Crippen LogP contribution in [0.3, 0.4) is 0 Å². The lowest BCUT2D eigenvalue weighted by atomic mass is 10.1. The third kappa shape index (κ3) is 4.57. The Labute approximate surface area is 182 Å². The van der Waals surface area contributed by atoms with E-state index in [9.17, 15) is 9.59 Å². The van der Waals surface area contributed by atoms with Gasteiger partial charge in [-0.3, -0.25) is 4.79 Å². The first-order valence-corrected chi connectivity index (χ1v) is 10.6. The molecule has 28 heavy (non-hydrogen) atoms. The Balaban J connectivity index is 1.87. The van der Waals surface area contributed by atoms with Gasteiger partial charge >= 0.3 is 5.97 Å². The number of hydrogen-bond donors (Lipinski definition) is 2. The number of nitrogens with one attached hydrogen (secondary N) is 2. The molecule has 0 aliphatic heterocycles. The molecule has 0 fully saturated rings. The monoisotopic (exact) mass is 460 g/mol. The summed E-state index contributed by atoms with van der Waals surface area (Å²) in [5.41, 5.74) is 2.88. The van der Waals surface area contributed by atoms with Crippen LogP contribution in [0, 0.1) is 6.92 Å². The molecule has 0 saturated carbocycles. The molecule has 1 aliphatic rings. The molecule has 1 heterocycles. The van der Waals surface area contributed by atoms with Gasteiger partial charge in [0.25, 0.3) is 5.91 Å². The largest absolute Gasteiger partial charge is 0.465 e. The fourth-order valence-corrected chi connectivity index (χ4v) is 4.71. The van der Waals surface area contributed by atoms with E-state index in [1.54, 1.807) is 12.1 Å². The smallest absolute Gasteiger partial charge is 0.341 e. The van der Waals surface area contributed by atoms with Crippen molar-refractivity contribution in [1.82, 2.24) is 5.32 Å². The summed E-state index contributed by atoms with van der Waals surface area (Å²) in [7, 11) is 1.33. The molecular weight excluding hydrogens is 443 g/mol. The molecular formula is C19H19Cl3N2O3S. The van der Waals surface area contributed by atoms with E-state index in [-0.39, 0.29) is 0 Å². The molecule has 0 unspecified atom stereocenters. The van der Waals surface area contributed by atoms with Crippen molar-refractivity contribution in [2.75, 3.05) is 12.4 Å². The number of ether oxygens (including phenoxy) is 1. The van der Waals surface area contributed by atoms with E-state index in [4.69, 9.17) is 39.5 Å². The molecule has 150 valence electrons. The first-order chi connectivity index (χ1) is 13.2. The molecule has 1 amide bonds. The second-order valence-electron chi connectivity index (χ2n) is 6.51. The predicted octanol–water partition coefficient (Wildman–Crippen LogP) is 4.87. The summed E-state index contributed by atoms with van der Waals surface area (Å²) in [4.78, 5) is 26.0. The van der Waals surface area contributed by atoms with Gasteiger partial charge in [0.15, 0.2) is 0 Å². The Morgan fingerprint density at radius 1 is 1.18 bits per heavy atom. The number of amides is 1. The van der Waals surface area contributed by atoms with Crippen molar-refractivity contribution in [3.05, 3.63) is 51.4 Å². The van der Waals surface area contributed by atoms with Gasteiger partial charge in [0.1, 0.15) is 11.2 Å². The number of carbonyl (C=O) groups excluding carboxylic acids is 2. The van der Waals surface area contributed by atoms with Gasteiger partial charge in [0.2, 0.25) is 3.79 Å². The van der Waals surface area contributed by atoms with E-state index in [2.05, 4.69) is 10.6 Å². The first-order valence-electron chi connectivity index (χ1n) is 8.64. The van der Waals surface area contributed by atoms with Crippen molar-refractivity contribution in [2.24, 2.45) is 0 Å². The third-order valence-electron chi connectivity index (χ3n) is 4.50. The molecule has 9 heteroatoms. The first kappa shape index (κ1) is 21.2. The molecule has 1 aliphatic carbocycles. The molecule has 0 bridgehead atoms. The van der Waals surface area contributed by atoms with Gasteiger partial charge in [-0.25, -0.2) is 4.79 Å². The number of aryl methyl sites for hydroxylation is 2. The highest BCUT2D eigenvalue weighted by Gasteiger charge is 2.37. The number of carbonyl (C=O) groups is 2. The Bertz CT molecular complexity index is 891. The second kappa shape index (κ2) is 8.49. The maximum absolute atomic E-state index is 12.6. The number of benzene rings is 1. The number of thiophene rings is 1. The number of halogens is 3. The number of hydrogen-bond acceptors (Lipinski definition) is 5. The SMILES string of the molecule is COC(=O)c1c(N[C@@H](NC(=O)c2ccc(C)cc2)C(Cl)(Cl)Cl)sc2c1CCC2. The highest BCUT2D eigenvalue weighted by Crippen LogP contribution is 2.41. The van der Waals surface area contributed by atoms with E-state index in [1.165, 1.54) is 18.4 Å². The van der Waals surface area contributed by atoms with Gasteiger partial charge in [0, 0.05) is 10.4 Å². The molecule has 0 saturated heterocycles. The molecule has 5 nitrogen and oxygen atoms in total. The van der Waals surface area contributed by atoms with Crippen LogP contribution in [0.2, 0.25) is 0 Å². The minimum absolute atomic E-state index is 0.396. The fourth-order valence-electron chi connectivity index (χ4n) is 3.07. The summed E-state index contributed by atoms with van der Waals surface area (Å²) >= 11 is 19.7. The van der Waals surface area contributed by atoms with Gasteiger partial charge in [-0.1, -0.05) is 52.5 Å². The zero-order valence-corrected chi connectivity index (χ0v) is 18.4. The lowest BCUT2D eigenvalue weighted by Gasteiger charge is -2.27. The van der Waals surface area contributed by atoms with Crippen molar-refractivity contribution in [1.29, 1.82) is 0 Å². The number of esters is 1. The van der Waals surface area contributed by atoms with Crippen LogP contribution in [-0.4, -0.2) is 28.9 Å². The van der Waals surface area contributed by atoms with Gasteiger partial charge < -0.3 is 15.4 Å². The Morgan fingerprint density at radius 3 is 2.46 bits per heavy atom. The van der Waals surface area contributed by atoms with Crippen LogP contribution in [0.1, 0.15) is 43.1 Å². The molecule has 0 radical (unpaired) electrons. The number of anilines is 1. The maximum atomic E-state index is 12.6. The normalized spacial score (nSPS) is 14.3. The van der Waals surface area contributed by atoms with Gasteiger partial charge in [-0.15, -0.1) is 11.3 Å². The average molecular weight is 462 g/mol. The van der Waals surface area contributed by atoms with Crippen LogP contribution in [0.25, 0.3) is 0 Å². The number of rotatable bonds is 5. The van der Waals surface area contributed by atoms with Crippen molar-refractivity contribution in [3.63, 3.8) is 0 Å². The Kier molecular flexibility index (Phi) is 6.44. The molecule has 1 aromatic carbocycles. The van der Waals surface area contributed by atoms with Crippen LogP contribution < -0.4 is 10.6 Å². The lowest BCUT2D eigenvalue weighted by molar-refractivity contribution is 0.0601. The highest BCUT2D eigenvalue weighted by atomic mass is 35.6. The van der Waals surface area contributed by atoms with E-state index >= 15 is 0 Å². The van der Waals surface area contributed by atoms with E-state index < -0.39 is 21.8 Å². The van der Waals surface area contributed by atoms with Crippen LogP contribution in [0.5, 0.6) is 0 Å². The summed E-state index contributed by atoms with van der Waals surface area (Å²) in [6.07, 6.45) is 1.63. The van der Waals surface area contributed by atoms with Crippen LogP contribution in [0.15, 0.2) is 24.3 Å². The van der Waals surface area contributed by atoms with E-state index in [0.29, 0.717) is 16.1 Å². The standard InChI is InChI=1S/C19H19Cl3N2O3S/c1-10-6-8-11(9-7-10)15(25)23-18(19(20,21)22)24-16-14(17(26)27-2)12-4-3-5-13(12)28-16/h6-9,18,24H,3-5H2,1-2H3,(H,23,25)/t18-/m1/s1. The van der Waals surface area contributed by atoms with Crippen molar-refractivity contribution < 1.29 is 14.3 Å². The summed E-state index contributed by atoms with van der Waals surface area (Å²) in [6.45, 7) is 1.93. The number of fused-ring (bicyclic) bond motifs is 1.